The Morgan fingerprint density at radius 3 is 2.06 bits per heavy atom. The first-order valence-electron chi connectivity index (χ1n) is 5.93. The summed E-state index contributed by atoms with van der Waals surface area (Å²) in [5.41, 5.74) is 3.58. The van der Waals surface area contributed by atoms with Gasteiger partial charge in [0.05, 0.1) is 13.0 Å². The molecule has 1 N–H and O–H groups in total. The zero-order valence-electron chi connectivity index (χ0n) is 11.3. The molecule has 3 heteroatoms. The van der Waals surface area contributed by atoms with Gasteiger partial charge in [-0.1, -0.05) is 13.8 Å². The summed E-state index contributed by atoms with van der Waals surface area (Å²) in [6.07, 6.45) is 0.0337. The quantitative estimate of drug-likeness (QED) is 0.873. The largest absolute Gasteiger partial charge is 0.493 e. The van der Waals surface area contributed by atoms with Gasteiger partial charge in [0.2, 0.25) is 0 Å². The van der Waals surface area contributed by atoms with Crippen LogP contribution >= 0.6 is 0 Å². The Morgan fingerprint density at radius 1 is 1.18 bits per heavy atom. The lowest BCUT2D eigenvalue weighted by Gasteiger charge is -2.09. The molecule has 0 fully saturated rings. The summed E-state index contributed by atoms with van der Waals surface area (Å²) < 4.78 is 5.35. The van der Waals surface area contributed by atoms with Crippen LogP contribution in [0.1, 0.15) is 37.0 Å². The Balaban J connectivity index is 0.00000121. The van der Waals surface area contributed by atoms with Crippen LogP contribution in [0.15, 0.2) is 12.1 Å². The molecular formula is C14H22O3. The van der Waals surface area contributed by atoms with E-state index in [4.69, 9.17) is 9.84 Å². The van der Waals surface area contributed by atoms with Crippen LogP contribution in [0.3, 0.4) is 0 Å². The molecule has 0 aliphatic carbocycles. The maximum Gasteiger partial charge on any atom is 0.306 e. The van der Waals surface area contributed by atoms with Crippen molar-refractivity contribution in [2.45, 2.75) is 41.0 Å². The molecule has 1 aromatic rings. The van der Waals surface area contributed by atoms with Gasteiger partial charge in [-0.25, -0.2) is 0 Å². The fraction of sp³-hybridized carbons (Fsp3) is 0.500. The first-order valence-corrected chi connectivity index (χ1v) is 5.93. The molecule has 0 bridgehead atoms. The molecule has 0 saturated heterocycles. The van der Waals surface area contributed by atoms with Crippen molar-refractivity contribution in [2.24, 2.45) is 0 Å². The highest BCUT2D eigenvalue weighted by atomic mass is 16.5. The van der Waals surface area contributed by atoms with Gasteiger partial charge in [-0.15, -0.1) is 0 Å². The summed E-state index contributed by atoms with van der Waals surface area (Å²) >= 11 is 0. The zero-order chi connectivity index (χ0) is 13.4. The van der Waals surface area contributed by atoms with Gasteiger partial charge in [-0.2, -0.15) is 0 Å². The molecule has 1 rings (SSSR count). The molecule has 0 heterocycles. The van der Waals surface area contributed by atoms with Crippen molar-refractivity contribution < 1.29 is 14.6 Å². The van der Waals surface area contributed by atoms with Gasteiger partial charge in [0, 0.05) is 0 Å². The number of rotatable bonds is 4. The lowest BCUT2D eigenvalue weighted by molar-refractivity contribution is -0.137. The Morgan fingerprint density at radius 2 is 1.65 bits per heavy atom. The van der Waals surface area contributed by atoms with Crippen molar-refractivity contribution >= 4 is 5.97 Å². The number of aliphatic carboxylic acids is 1. The second kappa shape index (κ2) is 7.71. The third kappa shape index (κ3) is 5.38. The van der Waals surface area contributed by atoms with E-state index in [-0.39, 0.29) is 13.0 Å². The summed E-state index contributed by atoms with van der Waals surface area (Å²) in [4.78, 5) is 10.3. The van der Waals surface area contributed by atoms with E-state index < -0.39 is 5.97 Å². The Hall–Kier alpha value is -1.51. The average molecular weight is 238 g/mol. The summed E-state index contributed by atoms with van der Waals surface area (Å²) in [7, 11) is 0. The van der Waals surface area contributed by atoms with Crippen molar-refractivity contribution in [3.05, 3.63) is 28.8 Å². The highest BCUT2D eigenvalue weighted by Gasteiger charge is 2.03. The Bertz CT molecular complexity index is 347. The minimum atomic E-state index is -0.837. The van der Waals surface area contributed by atoms with E-state index >= 15 is 0 Å². The lowest BCUT2D eigenvalue weighted by Crippen LogP contribution is -2.05. The summed E-state index contributed by atoms with van der Waals surface area (Å²) in [5.74, 6) is -0.0904. The van der Waals surface area contributed by atoms with Gasteiger partial charge in [0.25, 0.3) is 0 Å². The van der Waals surface area contributed by atoms with Crippen molar-refractivity contribution in [1.82, 2.24) is 0 Å². The SMILES string of the molecule is CC.Cc1cc(OCCC(=O)O)cc(C)c1C. The van der Waals surface area contributed by atoms with Gasteiger partial charge in [0.15, 0.2) is 0 Å². The molecule has 0 spiro atoms. The molecule has 0 amide bonds. The second-order valence-corrected chi connectivity index (χ2v) is 3.67. The number of carbonyl (C=O) groups is 1. The zero-order valence-corrected chi connectivity index (χ0v) is 11.3. The average Bonchev–Trinajstić information content (AvgIpc) is 2.28. The van der Waals surface area contributed by atoms with E-state index in [0.29, 0.717) is 0 Å². The predicted octanol–water partition coefficient (Wildman–Crippen LogP) is 3.49. The number of ether oxygens (including phenoxy) is 1. The lowest BCUT2D eigenvalue weighted by atomic mass is 10.0. The van der Waals surface area contributed by atoms with Gasteiger partial charge in [-0.3, -0.25) is 4.79 Å². The number of carboxylic acid groups (broad SMARTS) is 1. The third-order valence-corrected chi connectivity index (χ3v) is 2.49. The van der Waals surface area contributed by atoms with Gasteiger partial charge >= 0.3 is 5.97 Å². The van der Waals surface area contributed by atoms with E-state index in [0.717, 1.165) is 5.75 Å². The number of hydrogen-bond donors (Lipinski definition) is 1. The van der Waals surface area contributed by atoms with E-state index in [1.165, 1.54) is 16.7 Å². The molecule has 0 radical (unpaired) electrons. The number of carboxylic acids is 1. The fourth-order valence-electron chi connectivity index (χ4n) is 1.34. The predicted molar refractivity (Wildman–Crippen MR) is 69.7 cm³/mol. The molecule has 96 valence electrons. The molecule has 0 atom stereocenters. The Labute approximate surface area is 103 Å². The van der Waals surface area contributed by atoms with E-state index in [2.05, 4.69) is 6.92 Å². The molecule has 0 unspecified atom stereocenters. The van der Waals surface area contributed by atoms with Crippen molar-refractivity contribution in [1.29, 1.82) is 0 Å². The van der Waals surface area contributed by atoms with Crippen LogP contribution in [0.5, 0.6) is 5.75 Å². The second-order valence-electron chi connectivity index (χ2n) is 3.67. The van der Waals surface area contributed by atoms with Crippen LogP contribution in [0.2, 0.25) is 0 Å². The number of aryl methyl sites for hydroxylation is 2. The van der Waals surface area contributed by atoms with Crippen LogP contribution in [0, 0.1) is 20.8 Å². The molecular weight excluding hydrogens is 216 g/mol. The maximum atomic E-state index is 10.3. The van der Waals surface area contributed by atoms with E-state index in [9.17, 15) is 4.79 Å². The van der Waals surface area contributed by atoms with Gasteiger partial charge in [0.1, 0.15) is 5.75 Å². The van der Waals surface area contributed by atoms with E-state index in [1.807, 2.05) is 39.8 Å². The molecule has 17 heavy (non-hydrogen) atoms. The summed E-state index contributed by atoms with van der Waals surface area (Å²) in [5, 5.41) is 8.46. The highest BCUT2D eigenvalue weighted by Crippen LogP contribution is 2.20. The van der Waals surface area contributed by atoms with Crippen LogP contribution in [0.25, 0.3) is 0 Å². The monoisotopic (exact) mass is 238 g/mol. The Kier molecular flexibility index (Phi) is 7.03. The van der Waals surface area contributed by atoms with Crippen molar-refractivity contribution in [2.75, 3.05) is 6.61 Å². The van der Waals surface area contributed by atoms with E-state index in [1.54, 1.807) is 0 Å². The van der Waals surface area contributed by atoms with Crippen LogP contribution < -0.4 is 4.74 Å². The number of benzene rings is 1. The van der Waals surface area contributed by atoms with Crippen LogP contribution in [-0.2, 0) is 4.79 Å². The van der Waals surface area contributed by atoms with Crippen molar-refractivity contribution in [3.63, 3.8) is 0 Å². The van der Waals surface area contributed by atoms with Crippen molar-refractivity contribution in [3.8, 4) is 5.75 Å². The van der Waals surface area contributed by atoms with Gasteiger partial charge < -0.3 is 9.84 Å². The summed E-state index contributed by atoms with van der Waals surface area (Å²) in [6.45, 7) is 10.3. The number of hydrogen-bond acceptors (Lipinski definition) is 2. The fourth-order valence-corrected chi connectivity index (χ4v) is 1.34. The first-order chi connectivity index (χ1) is 8.00. The molecule has 0 aliphatic rings. The minimum Gasteiger partial charge on any atom is -0.493 e. The minimum absolute atomic E-state index is 0.0337. The standard InChI is InChI=1S/C12H16O3.C2H6/c1-8-6-11(7-9(2)10(8)3)15-5-4-12(13)14;1-2/h6-7H,4-5H2,1-3H3,(H,13,14);1-2H3. The molecule has 0 aliphatic heterocycles. The normalized spacial score (nSPS) is 9.24. The molecule has 0 aromatic heterocycles. The maximum absolute atomic E-state index is 10.3. The molecule has 0 saturated carbocycles. The van der Waals surface area contributed by atoms with Gasteiger partial charge in [-0.05, 0) is 49.6 Å². The molecule has 1 aromatic carbocycles. The first kappa shape index (κ1) is 15.5. The smallest absolute Gasteiger partial charge is 0.306 e. The van der Waals surface area contributed by atoms with Crippen LogP contribution in [0.4, 0.5) is 0 Å². The third-order valence-electron chi connectivity index (χ3n) is 2.49. The molecule has 3 nitrogen and oxygen atoms in total. The highest BCUT2D eigenvalue weighted by molar-refractivity contribution is 5.66. The summed E-state index contributed by atoms with van der Waals surface area (Å²) in [6, 6.07) is 3.87. The topological polar surface area (TPSA) is 46.5 Å². The van der Waals surface area contributed by atoms with Crippen LogP contribution in [-0.4, -0.2) is 17.7 Å².